The molecule has 29 heavy (non-hydrogen) atoms. The predicted molar refractivity (Wildman–Crippen MR) is 112 cm³/mol. The number of ether oxygens (including phenoxy) is 2. The summed E-state index contributed by atoms with van der Waals surface area (Å²) in [5.41, 5.74) is 1.67. The molecule has 1 aliphatic rings. The summed E-state index contributed by atoms with van der Waals surface area (Å²) in [7, 11) is 3.18. The number of hydrogen-bond acceptors (Lipinski definition) is 5. The molecule has 8 heteroatoms. The van der Waals surface area contributed by atoms with Crippen molar-refractivity contribution in [2.24, 2.45) is 0 Å². The van der Waals surface area contributed by atoms with Crippen LogP contribution in [0, 0.1) is 0 Å². The maximum atomic E-state index is 12.4. The number of amides is 3. The van der Waals surface area contributed by atoms with Crippen LogP contribution in [0.2, 0.25) is 0 Å². The van der Waals surface area contributed by atoms with Crippen molar-refractivity contribution >= 4 is 23.3 Å². The summed E-state index contributed by atoms with van der Waals surface area (Å²) in [5.74, 6) is 1.08. The normalized spacial score (nSPS) is 13.6. The van der Waals surface area contributed by atoms with Gasteiger partial charge in [-0.05, 0) is 36.4 Å². The number of nitrogens with zero attached hydrogens (tertiary/aromatic N) is 2. The lowest BCUT2D eigenvalue weighted by Gasteiger charge is -2.36. The highest BCUT2D eigenvalue weighted by molar-refractivity contribution is 5.95. The van der Waals surface area contributed by atoms with Gasteiger partial charge in [-0.1, -0.05) is 12.1 Å². The summed E-state index contributed by atoms with van der Waals surface area (Å²) in [5, 5.41) is 5.42. The average Bonchev–Trinajstić information content (AvgIpc) is 2.78. The Morgan fingerprint density at radius 1 is 0.931 bits per heavy atom. The molecule has 0 bridgehead atoms. The summed E-state index contributed by atoms with van der Waals surface area (Å²) in [6.07, 6.45) is 0. The molecule has 0 spiro atoms. The molecule has 0 unspecified atom stereocenters. The number of benzene rings is 2. The van der Waals surface area contributed by atoms with Crippen LogP contribution in [0.3, 0.4) is 0 Å². The number of nitrogens with one attached hydrogen (secondary N) is 2. The van der Waals surface area contributed by atoms with Crippen LogP contribution in [-0.2, 0) is 4.79 Å². The van der Waals surface area contributed by atoms with Gasteiger partial charge in [-0.25, -0.2) is 4.79 Å². The lowest BCUT2D eigenvalue weighted by Crippen LogP contribution is -2.52. The van der Waals surface area contributed by atoms with E-state index in [1.54, 1.807) is 37.3 Å². The van der Waals surface area contributed by atoms with E-state index in [0.717, 1.165) is 24.5 Å². The standard InChI is InChI=1S/C21H26N4O4/c1-28-17-9-7-16(8-10-17)24-11-13-25(14-12-24)21(27)22-15-20(26)23-18-5-3-4-6-19(18)29-2/h3-10H,11-15H2,1-2H3,(H,22,27)(H,23,26). The number of methoxy groups -OCH3 is 2. The van der Waals surface area contributed by atoms with E-state index in [-0.39, 0.29) is 18.5 Å². The van der Waals surface area contributed by atoms with Crippen molar-refractivity contribution < 1.29 is 19.1 Å². The van der Waals surface area contributed by atoms with Crippen molar-refractivity contribution in [2.75, 3.05) is 57.2 Å². The zero-order valence-electron chi connectivity index (χ0n) is 16.7. The topological polar surface area (TPSA) is 83.1 Å². The molecule has 0 atom stereocenters. The van der Waals surface area contributed by atoms with E-state index in [2.05, 4.69) is 15.5 Å². The Hall–Kier alpha value is -3.42. The van der Waals surface area contributed by atoms with E-state index in [9.17, 15) is 9.59 Å². The fourth-order valence-corrected chi connectivity index (χ4v) is 3.17. The van der Waals surface area contributed by atoms with Gasteiger partial charge in [0.05, 0.1) is 26.5 Å². The number of para-hydroxylation sites is 2. The second-order valence-electron chi connectivity index (χ2n) is 6.58. The van der Waals surface area contributed by atoms with Crippen molar-refractivity contribution in [2.45, 2.75) is 0 Å². The van der Waals surface area contributed by atoms with Crippen LogP contribution in [0.25, 0.3) is 0 Å². The summed E-state index contributed by atoms with van der Waals surface area (Å²) in [6.45, 7) is 2.54. The molecule has 1 aliphatic heterocycles. The highest BCUT2D eigenvalue weighted by atomic mass is 16.5. The Bertz CT molecular complexity index is 833. The monoisotopic (exact) mass is 398 g/mol. The number of rotatable bonds is 6. The van der Waals surface area contributed by atoms with Gasteiger partial charge in [0, 0.05) is 31.9 Å². The maximum absolute atomic E-state index is 12.4. The third kappa shape index (κ3) is 5.31. The molecule has 1 heterocycles. The van der Waals surface area contributed by atoms with Crippen LogP contribution in [0.4, 0.5) is 16.2 Å². The SMILES string of the molecule is COc1ccc(N2CCN(C(=O)NCC(=O)Nc3ccccc3OC)CC2)cc1. The molecule has 154 valence electrons. The Morgan fingerprint density at radius 3 is 2.28 bits per heavy atom. The quantitative estimate of drug-likeness (QED) is 0.779. The van der Waals surface area contributed by atoms with Gasteiger partial charge in [0.15, 0.2) is 0 Å². The van der Waals surface area contributed by atoms with Crippen molar-refractivity contribution in [3.63, 3.8) is 0 Å². The zero-order valence-corrected chi connectivity index (χ0v) is 16.7. The molecule has 3 rings (SSSR count). The van der Waals surface area contributed by atoms with E-state index in [4.69, 9.17) is 9.47 Å². The first-order chi connectivity index (χ1) is 14.1. The molecular weight excluding hydrogens is 372 g/mol. The minimum Gasteiger partial charge on any atom is -0.497 e. The number of anilines is 2. The highest BCUT2D eigenvalue weighted by Gasteiger charge is 2.21. The number of urea groups is 1. The number of carbonyl (C=O) groups excluding carboxylic acids is 2. The van der Waals surface area contributed by atoms with E-state index >= 15 is 0 Å². The maximum Gasteiger partial charge on any atom is 0.317 e. The second-order valence-corrected chi connectivity index (χ2v) is 6.58. The first-order valence-electron chi connectivity index (χ1n) is 9.45. The lowest BCUT2D eigenvalue weighted by molar-refractivity contribution is -0.115. The van der Waals surface area contributed by atoms with E-state index in [0.29, 0.717) is 24.5 Å². The Kier molecular flexibility index (Phi) is 6.78. The van der Waals surface area contributed by atoms with Crippen LogP contribution in [0.5, 0.6) is 11.5 Å². The number of hydrogen-bond donors (Lipinski definition) is 2. The smallest absolute Gasteiger partial charge is 0.317 e. The van der Waals surface area contributed by atoms with Gasteiger partial charge in [0.2, 0.25) is 5.91 Å². The van der Waals surface area contributed by atoms with E-state index < -0.39 is 0 Å². The van der Waals surface area contributed by atoms with Crippen molar-refractivity contribution in [3.8, 4) is 11.5 Å². The van der Waals surface area contributed by atoms with Crippen molar-refractivity contribution in [3.05, 3.63) is 48.5 Å². The summed E-state index contributed by atoms with van der Waals surface area (Å²) < 4.78 is 10.4. The van der Waals surface area contributed by atoms with E-state index in [1.165, 1.54) is 0 Å². The largest absolute Gasteiger partial charge is 0.497 e. The lowest BCUT2D eigenvalue weighted by atomic mass is 10.2. The molecular formula is C21H26N4O4. The number of piperazine rings is 1. The fourth-order valence-electron chi connectivity index (χ4n) is 3.17. The molecule has 8 nitrogen and oxygen atoms in total. The minimum atomic E-state index is -0.306. The van der Waals surface area contributed by atoms with Gasteiger partial charge in [0.1, 0.15) is 11.5 Å². The van der Waals surface area contributed by atoms with Crippen LogP contribution >= 0.6 is 0 Å². The van der Waals surface area contributed by atoms with Gasteiger partial charge in [-0.15, -0.1) is 0 Å². The van der Waals surface area contributed by atoms with E-state index in [1.807, 2.05) is 30.3 Å². The first kappa shape index (κ1) is 20.3. The van der Waals surface area contributed by atoms with Gasteiger partial charge in [-0.2, -0.15) is 0 Å². The van der Waals surface area contributed by atoms with Gasteiger partial charge >= 0.3 is 6.03 Å². The van der Waals surface area contributed by atoms with Crippen LogP contribution in [0.1, 0.15) is 0 Å². The Morgan fingerprint density at radius 2 is 1.62 bits per heavy atom. The van der Waals surface area contributed by atoms with Crippen molar-refractivity contribution in [1.82, 2.24) is 10.2 Å². The third-order valence-electron chi connectivity index (χ3n) is 4.79. The molecule has 2 aromatic rings. The summed E-state index contributed by atoms with van der Waals surface area (Å²) in [6, 6.07) is 14.8. The Balaban J connectivity index is 1.44. The second kappa shape index (κ2) is 9.68. The fraction of sp³-hybridized carbons (Fsp3) is 0.333. The van der Waals surface area contributed by atoms with Gasteiger partial charge in [0.25, 0.3) is 0 Å². The zero-order chi connectivity index (χ0) is 20.6. The Labute approximate surface area is 170 Å². The van der Waals surface area contributed by atoms with Crippen molar-refractivity contribution in [1.29, 1.82) is 0 Å². The van der Waals surface area contributed by atoms with Gasteiger partial charge < -0.3 is 29.9 Å². The molecule has 2 N–H and O–H groups in total. The molecule has 0 radical (unpaired) electrons. The molecule has 0 aromatic heterocycles. The molecule has 2 aromatic carbocycles. The minimum absolute atomic E-state index is 0.102. The third-order valence-corrected chi connectivity index (χ3v) is 4.79. The van der Waals surface area contributed by atoms with Crippen LogP contribution in [-0.4, -0.2) is 63.8 Å². The molecule has 1 saturated heterocycles. The van der Waals surface area contributed by atoms with Gasteiger partial charge in [-0.3, -0.25) is 4.79 Å². The average molecular weight is 398 g/mol. The number of carbonyl (C=O) groups is 2. The first-order valence-corrected chi connectivity index (χ1v) is 9.45. The molecule has 3 amide bonds. The van der Waals surface area contributed by atoms with Crippen LogP contribution < -0.4 is 25.0 Å². The molecule has 0 saturated carbocycles. The predicted octanol–water partition coefficient (Wildman–Crippen LogP) is 2.17. The summed E-state index contributed by atoms with van der Waals surface area (Å²) >= 11 is 0. The highest BCUT2D eigenvalue weighted by Crippen LogP contribution is 2.23. The summed E-state index contributed by atoms with van der Waals surface area (Å²) in [4.78, 5) is 28.5. The molecule has 1 fully saturated rings. The molecule has 0 aliphatic carbocycles. The van der Waals surface area contributed by atoms with Crippen LogP contribution in [0.15, 0.2) is 48.5 Å².